The number of hydrogen-bond donors (Lipinski definition) is 1. The summed E-state index contributed by atoms with van der Waals surface area (Å²) in [6.45, 7) is 3.32. The SMILES string of the molecule is C[C@H](NC/C=C/c1ccccc1)C1CCCCC1. The lowest BCUT2D eigenvalue weighted by Crippen LogP contribution is -2.34. The molecule has 1 aliphatic rings. The molecule has 1 aliphatic carbocycles. The molecule has 1 atom stereocenters. The van der Waals surface area contributed by atoms with Crippen LogP contribution in [0.25, 0.3) is 6.08 Å². The average Bonchev–Trinajstić information content (AvgIpc) is 2.45. The zero-order valence-electron chi connectivity index (χ0n) is 11.4. The van der Waals surface area contributed by atoms with E-state index in [1.807, 2.05) is 0 Å². The minimum atomic E-state index is 0.658. The van der Waals surface area contributed by atoms with Crippen LogP contribution >= 0.6 is 0 Å². The summed E-state index contributed by atoms with van der Waals surface area (Å²) in [6.07, 6.45) is 11.5. The van der Waals surface area contributed by atoms with Gasteiger partial charge in [0.15, 0.2) is 0 Å². The molecule has 1 aromatic carbocycles. The standard InChI is InChI=1S/C17H25N/c1-15(17-12-6-3-7-13-17)18-14-8-11-16-9-4-2-5-10-16/h2,4-5,8-11,15,17-18H,3,6-7,12-14H2,1H3/b11-8+/t15-/m0/s1. The summed E-state index contributed by atoms with van der Waals surface area (Å²) in [7, 11) is 0. The molecule has 0 spiro atoms. The fraction of sp³-hybridized carbons (Fsp3) is 0.529. The third-order valence-corrected chi connectivity index (χ3v) is 4.02. The predicted octanol–water partition coefficient (Wildman–Crippen LogP) is 4.26. The van der Waals surface area contributed by atoms with Crippen LogP contribution in [0, 0.1) is 5.92 Å². The second-order valence-electron chi connectivity index (χ2n) is 5.41. The van der Waals surface area contributed by atoms with E-state index in [1.54, 1.807) is 0 Å². The Morgan fingerprint density at radius 2 is 1.89 bits per heavy atom. The average molecular weight is 243 g/mol. The molecule has 1 fully saturated rings. The van der Waals surface area contributed by atoms with Crippen molar-refractivity contribution in [1.29, 1.82) is 0 Å². The van der Waals surface area contributed by atoms with Gasteiger partial charge in [-0.05, 0) is 31.2 Å². The quantitative estimate of drug-likeness (QED) is 0.815. The highest BCUT2D eigenvalue weighted by Gasteiger charge is 2.18. The van der Waals surface area contributed by atoms with Gasteiger partial charge in [0.25, 0.3) is 0 Å². The molecule has 1 nitrogen and oxygen atoms in total. The van der Waals surface area contributed by atoms with Crippen molar-refractivity contribution >= 4 is 6.08 Å². The minimum Gasteiger partial charge on any atom is -0.311 e. The smallest absolute Gasteiger partial charge is 0.0140 e. The number of hydrogen-bond acceptors (Lipinski definition) is 1. The summed E-state index contributed by atoms with van der Waals surface area (Å²) in [6, 6.07) is 11.2. The third kappa shape index (κ3) is 4.30. The molecule has 0 unspecified atom stereocenters. The van der Waals surface area contributed by atoms with Gasteiger partial charge in [-0.15, -0.1) is 0 Å². The van der Waals surface area contributed by atoms with Crippen LogP contribution in [-0.2, 0) is 0 Å². The Balaban J connectivity index is 1.69. The van der Waals surface area contributed by atoms with Crippen LogP contribution in [-0.4, -0.2) is 12.6 Å². The summed E-state index contributed by atoms with van der Waals surface area (Å²) in [5.74, 6) is 0.892. The van der Waals surface area contributed by atoms with Gasteiger partial charge in [0.2, 0.25) is 0 Å². The Bertz CT molecular complexity index is 349. The van der Waals surface area contributed by atoms with Crippen LogP contribution in [0.4, 0.5) is 0 Å². The van der Waals surface area contributed by atoms with E-state index < -0.39 is 0 Å². The Morgan fingerprint density at radius 1 is 1.17 bits per heavy atom. The zero-order chi connectivity index (χ0) is 12.6. The van der Waals surface area contributed by atoms with Crippen LogP contribution in [0.3, 0.4) is 0 Å². The lowest BCUT2D eigenvalue weighted by Gasteiger charge is -2.28. The lowest BCUT2D eigenvalue weighted by atomic mass is 9.84. The van der Waals surface area contributed by atoms with E-state index in [-0.39, 0.29) is 0 Å². The van der Waals surface area contributed by atoms with E-state index in [2.05, 4.69) is 54.7 Å². The molecule has 1 saturated carbocycles. The number of nitrogens with one attached hydrogen (secondary N) is 1. The molecule has 0 radical (unpaired) electrons. The Hall–Kier alpha value is -1.08. The molecule has 98 valence electrons. The summed E-state index contributed by atoms with van der Waals surface area (Å²) < 4.78 is 0. The van der Waals surface area contributed by atoms with Crippen LogP contribution in [0.1, 0.15) is 44.6 Å². The van der Waals surface area contributed by atoms with Gasteiger partial charge in [-0.25, -0.2) is 0 Å². The van der Waals surface area contributed by atoms with Crippen molar-refractivity contribution in [2.24, 2.45) is 5.92 Å². The molecule has 0 aromatic heterocycles. The first-order chi connectivity index (χ1) is 8.86. The van der Waals surface area contributed by atoms with E-state index in [4.69, 9.17) is 0 Å². The maximum Gasteiger partial charge on any atom is 0.0140 e. The number of benzene rings is 1. The highest BCUT2D eigenvalue weighted by atomic mass is 14.9. The van der Waals surface area contributed by atoms with Crippen LogP contribution in [0.5, 0.6) is 0 Å². The van der Waals surface area contributed by atoms with E-state index in [0.29, 0.717) is 6.04 Å². The van der Waals surface area contributed by atoms with E-state index in [9.17, 15) is 0 Å². The third-order valence-electron chi connectivity index (χ3n) is 4.02. The zero-order valence-corrected chi connectivity index (χ0v) is 11.4. The highest BCUT2D eigenvalue weighted by molar-refractivity contribution is 5.48. The molecule has 0 amide bonds. The van der Waals surface area contributed by atoms with Crippen molar-refractivity contribution in [2.45, 2.75) is 45.1 Å². The van der Waals surface area contributed by atoms with Crippen LogP contribution in [0.15, 0.2) is 36.4 Å². The van der Waals surface area contributed by atoms with Crippen molar-refractivity contribution < 1.29 is 0 Å². The maximum absolute atomic E-state index is 3.64. The molecular formula is C17H25N. The number of rotatable bonds is 5. The molecule has 2 rings (SSSR count). The van der Waals surface area contributed by atoms with Crippen molar-refractivity contribution in [3.8, 4) is 0 Å². The minimum absolute atomic E-state index is 0.658. The van der Waals surface area contributed by atoms with Gasteiger partial charge in [0.1, 0.15) is 0 Å². The molecule has 1 aromatic rings. The molecule has 1 N–H and O–H groups in total. The fourth-order valence-corrected chi connectivity index (χ4v) is 2.81. The molecule has 1 heteroatoms. The van der Waals surface area contributed by atoms with Crippen LogP contribution in [0.2, 0.25) is 0 Å². The van der Waals surface area contributed by atoms with Gasteiger partial charge in [-0.3, -0.25) is 0 Å². The molecule has 0 bridgehead atoms. The predicted molar refractivity (Wildman–Crippen MR) is 79.5 cm³/mol. The topological polar surface area (TPSA) is 12.0 Å². The molecule has 0 aliphatic heterocycles. The molecule has 0 heterocycles. The van der Waals surface area contributed by atoms with Gasteiger partial charge in [-0.1, -0.05) is 61.7 Å². The fourth-order valence-electron chi connectivity index (χ4n) is 2.81. The van der Waals surface area contributed by atoms with E-state index >= 15 is 0 Å². The first kappa shape index (κ1) is 13.4. The van der Waals surface area contributed by atoms with Crippen molar-refractivity contribution in [1.82, 2.24) is 5.32 Å². The normalized spacial score (nSPS) is 19.2. The summed E-state index contributed by atoms with van der Waals surface area (Å²) in [5, 5.41) is 3.64. The highest BCUT2D eigenvalue weighted by Crippen LogP contribution is 2.26. The van der Waals surface area contributed by atoms with Gasteiger partial charge < -0.3 is 5.32 Å². The van der Waals surface area contributed by atoms with Crippen molar-refractivity contribution in [3.05, 3.63) is 42.0 Å². The van der Waals surface area contributed by atoms with Crippen LogP contribution < -0.4 is 5.32 Å². The van der Waals surface area contributed by atoms with E-state index in [0.717, 1.165) is 12.5 Å². The second kappa shape index (κ2) is 7.38. The van der Waals surface area contributed by atoms with Gasteiger partial charge in [0.05, 0.1) is 0 Å². The summed E-state index contributed by atoms with van der Waals surface area (Å²) >= 11 is 0. The Labute approximate surface area is 111 Å². The molecule has 18 heavy (non-hydrogen) atoms. The van der Waals surface area contributed by atoms with Gasteiger partial charge in [-0.2, -0.15) is 0 Å². The van der Waals surface area contributed by atoms with Gasteiger partial charge in [0, 0.05) is 12.6 Å². The monoisotopic (exact) mass is 243 g/mol. The first-order valence-electron chi connectivity index (χ1n) is 7.31. The largest absolute Gasteiger partial charge is 0.311 e. The van der Waals surface area contributed by atoms with Crippen molar-refractivity contribution in [3.63, 3.8) is 0 Å². The Kier molecular flexibility index (Phi) is 5.47. The Morgan fingerprint density at radius 3 is 2.61 bits per heavy atom. The lowest BCUT2D eigenvalue weighted by molar-refractivity contribution is 0.287. The molecular weight excluding hydrogens is 218 g/mol. The second-order valence-corrected chi connectivity index (χ2v) is 5.41. The first-order valence-corrected chi connectivity index (χ1v) is 7.31. The van der Waals surface area contributed by atoms with E-state index in [1.165, 1.54) is 37.7 Å². The summed E-state index contributed by atoms with van der Waals surface area (Å²) in [5.41, 5.74) is 1.28. The molecule has 0 saturated heterocycles. The van der Waals surface area contributed by atoms with Crippen molar-refractivity contribution in [2.75, 3.05) is 6.54 Å². The van der Waals surface area contributed by atoms with Gasteiger partial charge >= 0.3 is 0 Å². The maximum atomic E-state index is 3.64. The summed E-state index contributed by atoms with van der Waals surface area (Å²) in [4.78, 5) is 0.